The van der Waals surface area contributed by atoms with E-state index in [0.29, 0.717) is 16.5 Å². The van der Waals surface area contributed by atoms with Crippen molar-refractivity contribution in [1.82, 2.24) is 4.90 Å². The Balaban J connectivity index is 1.74. The minimum Gasteiger partial charge on any atom is -0.495 e. The first-order valence-electron chi connectivity index (χ1n) is 8.71. The molecule has 1 aliphatic rings. The molecule has 26 heavy (non-hydrogen) atoms. The maximum atomic E-state index is 12.5. The van der Waals surface area contributed by atoms with Crippen molar-refractivity contribution >= 4 is 28.9 Å². The third-order valence-electron chi connectivity index (χ3n) is 4.63. The van der Waals surface area contributed by atoms with Crippen molar-refractivity contribution in [3.05, 3.63) is 53.1 Å². The van der Waals surface area contributed by atoms with Crippen LogP contribution in [-0.4, -0.2) is 51.1 Å². The molecule has 1 fully saturated rings. The Kier molecular flexibility index (Phi) is 6.01. The predicted octanol–water partition coefficient (Wildman–Crippen LogP) is 3.28. The molecule has 0 bridgehead atoms. The zero-order valence-corrected chi connectivity index (χ0v) is 15.9. The fourth-order valence-electron chi connectivity index (χ4n) is 3.06. The van der Waals surface area contributed by atoms with Gasteiger partial charge in [0.2, 0.25) is 5.91 Å². The second-order valence-electron chi connectivity index (χ2n) is 6.49. The second kappa shape index (κ2) is 8.43. The number of likely N-dealkylation sites (N-methyl/N-ethyl adjacent to an activating group) is 1. The monoisotopic (exact) mass is 373 g/mol. The number of rotatable bonds is 5. The molecule has 1 N–H and O–H groups in total. The second-order valence-corrected chi connectivity index (χ2v) is 6.90. The van der Waals surface area contributed by atoms with E-state index in [1.165, 1.54) is 0 Å². The van der Waals surface area contributed by atoms with Crippen molar-refractivity contribution in [3.8, 4) is 5.75 Å². The van der Waals surface area contributed by atoms with Gasteiger partial charge in [0.25, 0.3) is 0 Å². The Morgan fingerprint density at radius 3 is 2.58 bits per heavy atom. The summed E-state index contributed by atoms with van der Waals surface area (Å²) in [7, 11) is 3.74. The van der Waals surface area contributed by atoms with Gasteiger partial charge in [-0.05, 0) is 36.9 Å². The van der Waals surface area contributed by atoms with Gasteiger partial charge >= 0.3 is 0 Å². The van der Waals surface area contributed by atoms with Crippen LogP contribution in [0.1, 0.15) is 5.56 Å². The zero-order chi connectivity index (χ0) is 18.5. The van der Waals surface area contributed by atoms with Crippen LogP contribution in [0.5, 0.6) is 5.75 Å². The van der Waals surface area contributed by atoms with Gasteiger partial charge in [-0.25, -0.2) is 0 Å². The summed E-state index contributed by atoms with van der Waals surface area (Å²) in [4.78, 5) is 17.1. The molecular formula is C20H24ClN3O2. The van der Waals surface area contributed by atoms with Gasteiger partial charge in [-0.15, -0.1) is 0 Å². The van der Waals surface area contributed by atoms with Crippen molar-refractivity contribution in [2.45, 2.75) is 6.42 Å². The molecule has 1 heterocycles. The van der Waals surface area contributed by atoms with Crippen LogP contribution in [0.4, 0.5) is 11.4 Å². The molecule has 138 valence electrons. The van der Waals surface area contributed by atoms with Gasteiger partial charge in [0.05, 0.1) is 19.2 Å². The number of amides is 1. The molecule has 0 aromatic heterocycles. The van der Waals surface area contributed by atoms with E-state index >= 15 is 0 Å². The third-order valence-corrected chi connectivity index (χ3v) is 5.00. The summed E-state index contributed by atoms with van der Waals surface area (Å²) in [6.07, 6.45) is 0.224. The first kappa shape index (κ1) is 18.5. The number of nitrogens with one attached hydrogen (secondary N) is 1. The van der Waals surface area contributed by atoms with E-state index in [1.807, 2.05) is 36.4 Å². The molecule has 2 aromatic rings. The number of anilines is 2. The number of halogens is 1. The first-order valence-corrected chi connectivity index (χ1v) is 9.09. The summed E-state index contributed by atoms with van der Waals surface area (Å²) < 4.78 is 5.41. The van der Waals surface area contributed by atoms with Gasteiger partial charge in [-0.1, -0.05) is 29.8 Å². The Hall–Kier alpha value is -2.24. The predicted molar refractivity (Wildman–Crippen MR) is 106 cm³/mol. The van der Waals surface area contributed by atoms with Crippen LogP contribution >= 0.6 is 11.6 Å². The van der Waals surface area contributed by atoms with Crippen LogP contribution in [0.2, 0.25) is 5.02 Å². The average Bonchev–Trinajstić information content (AvgIpc) is 2.64. The fourth-order valence-corrected chi connectivity index (χ4v) is 3.27. The number of carbonyl (C=O) groups is 1. The molecule has 3 rings (SSSR count). The minimum atomic E-state index is -0.119. The molecule has 1 saturated heterocycles. The average molecular weight is 374 g/mol. The number of nitrogens with zero attached hydrogens (tertiary/aromatic N) is 2. The molecule has 1 aliphatic heterocycles. The Bertz CT molecular complexity index is 773. The largest absolute Gasteiger partial charge is 0.495 e. The lowest BCUT2D eigenvalue weighted by Crippen LogP contribution is -2.44. The van der Waals surface area contributed by atoms with E-state index in [2.05, 4.69) is 22.2 Å². The summed E-state index contributed by atoms with van der Waals surface area (Å²) in [5.41, 5.74) is 2.58. The third kappa shape index (κ3) is 4.48. The number of hydrogen-bond acceptors (Lipinski definition) is 4. The van der Waals surface area contributed by atoms with Gasteiger partial charge < -0.3 is 19.9 Å². The van der Waals surface area contributed by atoms with Crippen LogP contribution in [0.3, 0.4) is 0 Å². The standard InChI is InChI=1S/C20H24ClN3O2/c1-23-9-11-24(12-10-23)16-7-8-19(26-2)18(14-16)22-20(25)13-15-5-3-4-6-17(15)21/h3-8,14H,9-13H2,1-2H3,(H,22,25). The minimum absolute atomic E-state index is 0.119. The zero-order valence-electron chi connectivity index (χ0n) is 15.2. The van der Waals surface area contributed by atoms with Crippen molar-refractivity contribution in [1.29, 1.82) is 0 Å². The number of benzene rings is 2. The Morgan fingerprint density at radius 2 is 1.88 bits per heavy atom. The lowest BCUT2D eigenvalue weighted by molar-refractivity contribution is -0.115. The molecule has 0 radical (unpaired) electrons. The molecule has 0 unspecified atom stereocenters. The lowest BCUT2D eigenvalue weighted by atomic mass is 10.1. The summed E-state index contributed by atoms with van der Waals surface area (Å²) >= 11 is 6.15. The van der Waals surface area contributed by atoms with Crippen molar-refractivity contribution in [3.63, 3.8) is 0 Å². The van der Waals surface area contributed by atoms with Crippen LogP contribution in [-0.2, 0) is 11.2 Å². The highest BCUT2D eigenvalue weighted by Gasteiger charge is 2.17. The van der Waals surface area contributed by atoms with E-state index in [1.54, 1.807) is 13.2 Å². The van der Waals surface area contributed by atoms with E-state index in [9.17, 15) is 4.79 Å². The summed E-state index contributed by atoms with van der Waals surface area (Å²) in [5.74, 6) is 0.530. The van der Waals surface area contributed by atoms with Crippen LogP contribution in [0.15, 0.2) is 42.5 Å². The highest BCUT2D eigenvalue weighted by atomic mass is 35.5. The molecule has 0 atom stereocenters. The Morgan fingerprint density at radius 1 is 1.15 bits per heavy atom. The number of carbonyl (C=O) groups excluding carboxylic acids is 1. The SMILES string of the molecule is COc1ccc(N2CCN(C)CC2)cc1NC(=O)Cc1ccccc1Cl. The molecule has 0 spiro atoms. The molecule has 2 aromatic carbocycles. The van der Waals surface area contributed by atoms with Crippen molar-refractivity contribution in [2.24, 2.45) is 0 Å². The van der Waals surface area contributed by atoms with Gasteiger partial charge in [0.15, 0.2) is 0 Å². The number of piperazine rings is 1. The van der Waals surface area contributed by atoms with Crippen molar-refractivity contribution < 1.29 is 9.53 Å². The van der Waals surface area contributed by atoms with E-state index in [-0.39, 0.29) is 12.3 Å². The summed E-state index contributed by atoms with van der Waals surface area (Å²) in [6, 6.07) is 13.3. The molecule has 6 heteroatoms. The van der Waals surface area contributed by atoms with Gasteiger partial charge in [-0.2, -0.15) is 0 Å². The van der Waals surface area contributed by atoms with Crippen molar-refractivity contribution in [2.75, 3.05) is 50.6 Å². The summed E-state index contributed by atoms with van der Waals surface area (Å²) in [6.45, 7) is 3.99. The first-order chi connectivity index (χ1) is 12.6. The molecule has 0 saturated carbocycles. The van der Waals surface area contributed by atoms with E-state index in [0.717, 1.165) is 37.4 Å². The Labute approximate surface area is 159 Å². The smallest absolute Gasteiger partial charge is 0.228 e. The van der Waals surface area contributed by atoms with Crippen LogP contribution in [0.25, 0.3) is 0 Å². The molecule has 0 aliphatic carbocycles. The normalized spacial score (nSPS) is 15.0. The van der Waals surface area contributed by atoms with E-state index in [4.69, 9.17) is 16.3 Å². The van der Waals surface area contributed by atoms with Crippen LogP contribution < -0.4 is 15.0 Å². The topological polar surface area (TPSA) is 44.8 Å². The molecule has 1 amide bonds. The van der Waals surface area contributed by atoms with Gasteiger partial charge in [0, 0.05) is 36.9 Å². The number of methoxy groups -OCH3 is 1. The number of ether oxygens (including phenoxy) is 1. The van der Waals surface area contributed by atoms with E-state index < -0.39 is 0 Å². The summed E-state index contributed by atoms with van der Waals surface area (Å²) in [5, 5.41) is 3.56. The molecular weight excluding hydrogens is 350 g/mol. The highest BCUT2D eigenvalue weighted by Crippen LogP contribution is 2.30. The lowest BCUT2D eigenvalue weighted by Gasteiger charge is -2.34. The highest BCUT2D eigenvalue weighted by molar-refractivity contribution is 6.31. The fraction of sp³-hybridized carbons (Fsp3) is 0.350. The molecule has 5 nitrogen and oxygen atoms in total. The van der Waals surface area contributed by atoms with Gasteiger partial charge in [0.1, 0.15) is 5.75 Å². The maximum absolute atomic E-state index is 12.5. The number of hydrogen-bond donors (Lipinski definition) is 1. The van der Waals surface area contributed by atoms with Crippen LogP contribution in [0, 0.1) is 0 Å². The maximum Gasteiger partial charge on any atom is 0.228 e. The quantitative estimate of drug-likeness (QED) is 0.873. The van der Waals surface area contributed by atoms with Gasteiger partial charge in [-0.3, -0.25) is 4.79 Å².